The molecule has 1 aromatic heterocycles. The molecule has 17 heavy (non-hydrogen) atoms. The topological polar surface area (TPSA) is 32.9 Å². The number of aryl methyl sites for hydroxylation is 3. The molecule has 0 fully saturated rings. The number of halogens is 1. The lowest BCUT2D eigenvalue weighted by molar-refractivity contribution is 1.23. The Labute approximate surface area is 105 Å². The Balaban J connectivity index is 2.68. The van der Waals surface area contributed by atoms with Crippen molar-refractivity contribution in [2.24, 2.45) is 0 Å². The molecule has 2 nitrogen and oxygen atoms in total. The smallest absolute Gasteiger partial charge is 0.249 e. The summed E-state index contributed by atoms with van der Waals surface area (Å²) in [6.07, 6.45) is 0. The molecule has 1 N–H and O–H groups in total. The molecule has 1 aromatic carbocycles. The van der Waals surface area contributed by atoms with Crippen LogP contribution in [0.25, 0.3) is 11.1 Å². The first-order valence-corrected chi connectivity index (χ1v) is 5.83. The Kier molecular flexibility index (Phi) is 3.07. The number of aromatic nitrogens is 1. The Morgan fingerprint density at radius 3 is 2.24 bits per heavy atom. The van der Waals surface area contributed by atoms with Crippen molar-refractivity contribution >= 4 is 11.6 Å². The van der Waals surface area contributed by atoms with Gasteiger partial charge in [-0.3, -0.25) is 4.79 Å². The zero-order valence-electron chi connectivity index (χ0n) is 10.1. The van der Waals surface area contributed by atoms with Gasteiger partial charge in [-0.1, -0.05) is 23.7 Å². The molecular formula is C14H14ClNO. The molecule has 0 atom stereocenters. The maximum Gasteiger partial charge on any atom is 0.249 e. The molecule has 0 spiro atoms. The Bertz CT molecular complexity index is 629. The van der Waals surface area contributed by atoms with Crippen molar-refractivity contribution < 1.29 is 0 Å². The van der Waals surface area contributed by atoms with Gasteiger partial charge in [0.15, 0.2) is 0 Å². The van der Waals surface area contributed by atoms with Crippen molar-refractivity contribution in [2.75, 3.05) is 0 Å². The number of pyridine rings is 1. The molecule has 2 rings (SSSR count). The van der Waals surface area contributed by atoms with Gasteiger partial charge in [0, 0.05) is 6.07 Å². The zero-order chi connectivity index (χ0) is 12.6. The third kappa shape index (κ3) is 2.42. The zero-order valence-corrected chi connectivity index (χ0v) is 10.9. The lowest BCUT2D eigenvalue weighted by Crippen LogP contribution is -2.04. The van der Waals surface area contributed by atoms with E-state index in [1.165, 1.54) is 11.1 Å². The van der Waals surface area contributed by atoms with Gasteiger partial charge in [-0.2, -0.15) is 0 Å². The fraction of sp³-hybridized carbons (Fsp3) is 0.214. The first-order chi connectivity index (χ1) is 7.97. The van der Waals surface area contributed by atoms with Crippen LogP contribution in [0, 0.1) is 20.8 Å². The summed E-state index contributed by atoms with van der Waals surface area (Å²) < 4.78 is 0. The maximum atomic E-state index is 11.4. The van der Waals surface area contributed by atoms with E-state index in [9.17, 15) is 4.79 Å². The molecular weight excluding hydrogens is 234 g/mol. The van der Waals surface area contributed by atoms with Crippen molar-refractivity contribution in [3.05, 3.63) is 56.5 Å². The summed E-state index contributed by atoms with van der Waals surface area (Å²) in [5.74, 6) is 0. The van der Waals surface area contributed by atoms with E-state index in [1.54, 1.807) is 12.1 Å². The van der Waals surface area contributed by atoms with Gasteiger partial charge in [0.25, 0.3) is 0 Å². The Morgan fingerprint density at radius 2 is 1.59 bits per heavy atom. The highest BCUT2D eigenvalue weighted by Crippen LogP contribution is 2.26. The van der Waals surface area contributed by atoms with Gasteiger partial charge in [-0.05, 0) is 54.7 Å². The van der Waals surface area contributed by atoms with Crippen molar-refractivity contribution in [3.8, 4) is 11.1 Å². The number of benzene rings is 1. The molecule has 88 valence electrons. The van der Waals surface area contributed by atoms with Crippen LogP contribution < -0.4 is 5.56 Å². The molecule has 3 heteroatoms. The van der Waals surface area contributed by atoms with Gasteiger partial charge in [-0.15, -0.1) is 0 Å². The predicted octanol–water partition coefficient (Wildman–Crippen LogP) is 3.62. The largest absolute Gasteiger partial charge is 0.313 e. The first kappa shape index (κ1) is 11.9. The van der Waals surface area contributed by atoms with Crippen molar-refractivity contribution in [3.63, 3.8) is 0 Å². The van der Waals surface area contributed by atoms with E-state index in [1.807, 2.05) is 6.92 Å². The Morgan fingerprint density at radius 1 is 0.941 bits per heavy atom. The van der Waals surface area contributed by atoms with E-state index in [2.05, 4.69) is 31.0 Å². The third-order valence-corrected chi connectivity index (χ3v) is 3.17. The summed E-state index contributed by atoms with van der Waals surface area (Å²) >= 11 is 5.87. The van der Waals surface area contributed by atoms with Crippen molar-refractivity contribution in [1.82, 2.24) is 4.98 Å². The molecule has 1 heterocycles. The normalized spacial score (nSPS) is 10.6. The summed E-state index contributed by atoms with van der Waals surface area (Å²) in [4.78, 5) is 13.9. The predicted molar refractivity (Wildman–Crippen MR) is 71.7 cm³/mol. The fourth-order valence-corrected chi connectivity index (χ4v) is 2.15. The Hall–Kier alpha value is -1.54. The fourth-order valence-electron chi connectivity index (χ4n) is 1.94. The number of rotatable bonds is 1. The molecule has 0 radical (unpaired) electrons. The second-order valence-corrected chi connectivity index (χ2v) is 4.74. The minimum Gasteiger partial charge on any atom is -0.313 e. The summed E-state index contributed by atoms with van der Waals surface area (Å²) in [7, 11) is 0. The van der Waals surface area contributed by atoms with E-state index < -0.39 is 0 Å². The highest BCUT2D eigenvalue weighted by molar-refractivity contribution is 6.29. The van der Waals surface area contributed by atoms with Crippen LogP contribution in [0.2, 0.25) is 5.15 Å². The SMILES string of the molecule is Cc1cc(C)c(-c2cc(Cl)[nH]c(=O)c2)cc1C. The molecule has 0 aliphatic carbocycles. The van der Waals surface area contributed by atoms with E-state index in [0.717, 1.165) is 16.7 Å². The second-order valence-electron chi connectivity index (χ2n) is 4.33. The minimum absolute atomic E-state index is 0.176. The van der Waals surface area contributed by atoms with Crippen LogP contribution in [0.5, 0.6) is 0 Å². The van der Waals surface area contributed by atoms with Gasteiger partial charge >= 0.3 is 0 Å². The van der Waals surface area contributed by atoms with Crippen LogP contribution in [0.3, 0.4) is 0 Å². The molecule has 0 bridgehead atoms. The van der Waals surface area contributed by atoms with Gasteiger partial charge in [0.05, 0.1) is 0 Å². The third-order valence-electron chi connectivity index (χ3n) is 2.96. The molecule has 2 aromatic rings. The number of hydrogen-bond acceptors (Lipinski definition) is 1. The lowest BCUT2D eigenvalue weighted by Gasteiger charge is -2.10. The lowest BCUT2D eigenvalue weighted by atomic mass is 9.96. The minimum atomic E-state index is -0.176. The summed E-state index contributed by atoms with van der Waals surface area (Å²) in [5, 5.41) is 0.366. The summed E-state index contributed by atoms with van der Waals surface area (Å²) in [6.45, 7) is 6.18. The van der Waals surface area contributed by atoms with Gasteiger partial charge in [-0.25, -0.2) is 0 Å². The van der Waals surface area contributed by atoms with Crippen molar-refractivity contribution in [2.45, 2.75) is 20.8 Å². The monoisotopic (exact) mass is 247 g/mol. The van der Waals surface area contributed by atoms with E-state index >= 15 is 0 Å². The quantitative estimate of drug-likeness (QED) is 0.767. The number of H-pyrrole nitrogens is 1. The van der Waals surface area contributed by atoms with Crippen LogP contribution in [-0.4, -0.2) is 4.98 Å². The van der Waals surface area contributed by atoms with E-state index in [-0.39, 0.29) is 5.56 Å². The average molecular weight is 248 g/mol. The van der Waals surface area contributed by atoms with Crippen LogP contribution in [0.15, 0.2) is 29.1 Å². The van der Waals surface area contributed by atoms with Crippen LogP contribution in [-0.2, 0) is 0 Å². The molecule has 0 saturated carbocycles. The average Bonchev–Trinajstić information content (AvgIpc) is 2.22. The number of nitrogens with one attached hydrogen (secondary N) is 1. The summed E-state index contributed by atoms with van der Waals surface area (Å²) in [5.41, 5.74) is 5.35. The molecule has 0 unspecified atom stereocenters. The highest BCUT2D eigenvalue weighted by atomic mass is 35.5. The number of hydrogen-bond donors (Lipinski definition) is 1. The molecule has 0 saturated heterocycles. The first-order valence-electron chi connectivity index (χ1n) is 5.45. The summed E-state index contributed by atoms with van der Waals surface area (Å²) in [6, 6.07) is 7.57. The maximum absolute atomic E-state index is 11.4. The van der Waals surface area contributed by atoms with E-state index in [0.29, 0.717) is 5.15 Å². The second kappa shape index (κ2) is 4.38. The molecule has 0 amide bonds. The van der Waals surface area contributed by atoms with Crippen molar-refractivity contribution in [1.29, 1.82) is 0 Å². The van der Waals surface area contributed by atoms with Gasteiger partial charge in [0.2, 0.25) is 5.56 Å². The van der Waals surface area contributed by atoms with Crippen LogP contribution in [0.1, 0.15) is 16.7 Å². The standard InChI is InChI=1S/C14H14ClNO/c1-8-4-10(3)12(5-9(8)2)11-6-13(15)16-14(17)7-11/h4-7H,1-3H3,(H,16,17). The van der Waals surface area contributed by atoms with Crippen LogP contribution in [0.4, 0.5) is 0 Å². The van der Waals surface area contributed by atoms with Gasteiger partial charge < -0.3 is 4.98 Å². The van der Waals surface area contributed by atoms with Crippen LogP contribution >= 0.6 is 11.6 Å². The highest BCUT2D eigenvalue weighted by Gasteiger charge is 2.06. The molecule has 0 aliphatic rings. The van der Waals surface area contributed by atoms with Gasteiger partial charge in [0.1, 0.15) is 5.15 Å². The molecule has 0 aliphatic heterocycles. The number of aromatic amines is 1. The van der Waals surface area contributed by atoms with E-state index in [4.69, 9.17) is 11.6 Å².